The fourth-order valence-electron chi connectivity index (χ4n) is 3.39. The quantitative estimate of drug-likeness (QED) is 0.496. The van der Waals surface area contributed by atoms with E-state index in [9.17, 15) is 9.59 Å². The second kappa shape index (κ2) is 2.56. The number of carbonyl (C=O) groups excluding carboxylic acids is 2. The highest BCUT2D eigenvalue weighted by molar-refractivity contribution is 6.00. The predicted molar refractivity (Wildman–Crippen MR) is 53.8 cm³/mol. The van der Waals surface area contributed by atoms with Crippen molar-refractivity contribution in [2.45, 2.75) is 33.6 Å². The van der Waals surface area contributed by atoms with Crippen molar-refractivity contribution in [3.05, 3.63) is 11.6 Å². The molecule has 0 aromatic heterocycles. The summed E-state index contributed by atoms with van der Waals surface area (Å²) in [6.45, 7) is 6.21. The van der Waals surface area contributed by atoms with Crippen molar-refractivity contribution in [1.29, 1.82) is 0 Å². The Morgan fingerprint density at radius 3 is 2.64 bits per heavy atom. The van der Waals surface area contributed by atoms with E-state index in [1.54, 1.807) is 0 Å². The van der Waals surface area contributed by atoms with Gasteiger partial charge in [0.05, 0.1) is 5.41 Å². The van der Waals surface area contributed by atoms with Crippen molar-refractivity contribution < 1.29 is 9.59 Å². The van der Waals surface area contributed by atoms with Crippen LogP contribution in [0.5, 0.6) is 0 Å². The minimum atomic E-state index is -0.461. The first kappa shape index (κ1) is 9.63. The largest absolute Gasteiger partial charge is 0.303 e. The van der Waals surface area contributed by atoms with Gasteiger partial charge >= 0.3 is 0 Å². The number of hydrogen-bond acceptors (Lipinski definition) is 2. The van der Waals surface area contributed by atoms with E-state index in [1.807, 2.05) is 6.92 Å². The molecule has 2 bridgehead atoms. The van der Waals surface area contributed by atoms with Gasteiger partial charge in [0.15, 0.2) is 0 Å². The average Bonchev–Trinajstić information content (AvgIpc) is 2.11. The minimum absolute atomic E-state index is 0.0240. The molecule has 14 heavy (non-hydrogen) atoms. The van der Waals surface area contributed by atoms with Gasteiger partial charge in [0.2, 0.25) is 0 Å². The lowest BCUT2D eigenvalue weighted by Gasteiger charge is -2.62. The zero-order chi connectivity index (χ0) is 10.6. The monoisotopic (exact) mass is 192 g/mol. The van der Waals surface area contributed by atoms with Crippen LogP contribution < -0.4 is 0 Å². The molecule has 0 saturated heterocycles. The molecule has 1 fully saturated rings. The molecule has 0 aromatic carbocycles. The number of rotatable bonds is 2. The molecule has 2 atom stereocenters. The Labute approximate surface area is 84.4 Å². The third-order valence-corrected chi connectivity index (χ3v) is 4.43. The Morgan fingerprint density at radius 1 is 1.57 bits per heavy atom. The second-order valence-electron chi connectivity index (χ2n) is 5.04. The number of allylic oxidation sites excluding steroid dienone is 2. The van der Waals surface area contributed by atoms with Crippen LogP contribution in [0, 0.1) is 16.7 Å². The summed E-state index contributed by atoms with van der Waals surface area (Å²) < 4.78 is 0. The first-order valence-corrected chi connectivity index (χ1v) is 5.13. The van der Waals surface area contributed by atoms with Crippen molar-refractivity contribution in [2.75, 3.05) is 0 Å². The Balaban J connectivity index is 2.52. The van der Waals surface area contributed by atoms with E-state index in [2.05, 4.69) is 19.9 Å². The van der Waals surface area contributed by atoms with Crippen LogP contribution in [0.4, 0.5) is 0 Å². The third kappa shape index (κ3) is 0.737. The number of hydrogen-bond donors (Lipinski definition) is 0. The van der Waals surface area contributed by atoms with Gasteiger partial charge in [-0.3, -0.25) is 4.79 Å². The van der Waals surface area contributed by atoms with E-state index >= 15 is 0 Å². The first-order valence-electron chi connectivity index (χ1n) is 5.13. The molecule has 2 heteroatoms. The Kier molecular flexibility index (Phi) is 1.76. The third-order valence-electron chi connectivity index (χ3n) is 4.43. The Morgan fingerprint density at radius 2 is 2.21 bits per heavy atom. The SMILES string of the molecule is CC1=CCC2C(=O)C1(CC=O)C2(C)C. The number of aldehydes is 1. The lowest BCUT2D eigenvalue weighted by molar-refractivity contribution is -0.170. The molecule has 3 rings (SSSR count). The summed E-state index contributed by atoms with van der Waals surface area (Å²) in [5.41, 5.74) is 0.615. The molecule has 3 aliphatic rings. The van der Waals surface area contributed by atoms with Crippen LogP contribution in [-0.2, 0) is 9.59 Å². The van der Waals surface area contributed by atoms with E-state index in [0.717, 1.165) is 18.3 Å². The summed E-state index contributed by atoms with van der Waals surface area (Å²) in [6.07, 6.45) is 4.23. The molecule has 0 heterocycles. The van der Waals surface area contributed by atoms with E-state index in [-0.39, 0.29) is 17.1 Å². The van der Waals surface area contributed by atoms with E-state index < -0.39 is 5.41 Å². The average molecular weight is 192 g/mol. The van der Waals surface area contributed by atoms with Gasteiger partial charge < -0.3 is 4.79 Å². The van der Waals surface area contributed by atoms with Crippen molar-refractivity contribution >= 4 is 12.1 Å². The molecule has 0 aromatic rings. The number of ketones is 1. The van der Waals surface area contributed by atoms with Gasteiger partial charge in [-0.15, -0.1) is 0 Å². The Hall–Kier alpha value is -0.920. The molecule has 0 aliphatic heterocycles. The van der Waals surface area contributed by atoms with Gasteiger partial charge in [0.25, 0.3) is 0 Å². The lowest BCUT2D eigenvalue weighted by Crippen LogP contribution is -2.66. The van der Waals surface area contributed by atoms with Crippen molar-refractivity contribution in [1.82, 2.24) is 0 Å². The van der Waals surface area contributed by atoms with Crippen LogP contribution in [0.2, 0.25) is 0 Å². The van der Waals surface area contributed by atoms with Crippen molar-refractivity contribution in [2.24, 2.45) is 16.7 Å². The topological polar surface area (TPSA) is 34.1 Å². The van der Waals surface area contributed by atoms with Crippen LogP contribution in [0.3, 0.4) is 0 Å². The molecule has 0 N–H and O–H groups in total. The molecule has 76 valence electrons. The van der Waals surface area contributed by atoms with Crippen LogP contribution in [0.15, 0.2) is 11.6 Å². The van der Waals surface area contributed by atoms with Crippen LogP contribution >= 0.6 is 0 Å². The lowest BCUT2D eigenvalue weighted by atomic mass is 9.38. The van der Waals surface area contributed by atoms with Gasteiger partial charge in [-0.2, -0.15) is 0 Å². The molecular formula is C12H16O2. The zero-order valence-electron chi connectivity index (χ0n) is 8.96. The minimum Gasteiger partial charge on any atom is -0.303 e. The van der Waals surface area contributed by atoms with Crippen LogP contribution in [0.25, 0.3) is 0 Å². The van der Waals surface area contributed by atoms with Gasteiger partial charge in [0, 0.05) is 12.3 Å². The molecule has 0 spiro atoms. The maximum atomic E-state index is 12.0. The number of carbonyl (C=O) groups is 2. The predicted octanol–water partition coefficient (Wildman–Crippen LogP) is 2.14. The first-order chi connectivity index (χ1) is 6.48. The Bertz CT molecular complexity index is 338. The highest BCUT2D eigenvalue weighted by Crippen LogP contribution is 2.66. The van der Waals surface area contributed by atoms with E-state index in [4.69, 9.17) is 0 Å². The molecule has 1 saturated carbocycles. The maximum absolute atomic E-state index is 12.0. The molecule has 0 amide bonds. The summed E-state index contributed by atoms with van der Waals surface area (Å²) in [5, 5.41) is 0. The maximum Gasteiger partial charge on any atom is 0.148 e. The van der Waals surface area contributed by atoms with Gasteiger partial charge in [-0.1, -0.05) is 25.5 Å². The van der Waals surface area contributed by atoms with Crippen LogP contribution in [0.1, 0.15) is 33.6 Å². The summed E-state index contributed by atoms with van der Waals surface area (Å²) in [4.78, 5) is 22.7. The fraction of sp³-hybridized carbons (Fsp3) is 0.667. The highest BCUT2D eigenvalue weighted by Gasteiger charge is 2.68. The molecule has 0 radical (unpaired) electrons. The summed E-state index contributed by atoms with van der Waals surface area (Å²) in [7, 11) is 0. The molecule has 3 aliphatic carbocycles. The number of Topliss-reactive ketones (excluding diaryl/α,β-unsaturated/α-hetero) is 1. The summed E-state index contributed by atoms with van der Waals surface area (Å²) >= 11 is 0. The van der Waals surface area contributed by atoms with E-state index in [0.29, 0.717) is 6.42 Å². The van der Waals surface area contributed by atoms with Gasteiger partial charge in [-0.05, 0) is 18.8 Å². The molecule has 2 nitrogen and oxygen atoms in total. The summed E-state index contributed by atoms with van der Waals surface area (Å²) in [6, 6.07) is 0. The van der Waals surface area contributed by atoms with Crippen molar-refractivity contribution in [3.8, 4) is 0 Å². The van der Waals surface area contributed by atoms with Crippen LogP contribution in [-0.4, -0.2) is 12.1 Å². The standard InChI is InChI=1S/C12H16O2/c1-8-4-5-9-10(14)12(8,6-7-13)11(9,2)3/h4,7,9H,5-6H2,1-3H3. The smallest absolute Gasteiger partial charge is 0.148 e. The van der Waals surface area contributed by atoms with Gasteiger partial charge in [0.1, 0.15) is 12.1 Å². The number of fused-ring (bicyclic) bond motifs is 1. The molecule has 2 unspecified atom stereocenters. The molecular weight excluding hydrogens is 176 g/mol. The normalized spacial score (nSPS) is 38.6. The highest BCUT2D eigenvalue weighted by atomic mass is 16.1. The zero-order valence-corrected chi connectivity index (χ0v) is 8.96. The summed E-state index contributed by atoms with van der Waals surface area (Å²) in [5.74, 6) is 0.431. The second-order valence-corrected chi connectivity index (χ2v) is 5.04. The van der Waals surface area contributed by atoms with Gasteiger partial charge in [-0.25, -0.2) is 0 Å². The fourth-order valence-corrected chi connectivity index (χ4v) is 3.39. The van der Waals surface area contributed by atoms with Crippen molar-refractivity contribution in [3.63, 3.8) is 0 Å². The van der Waals surface area contributed by atoms with E-state index in [1.165, 1.54) is 0 Å².